The van der Waals surface area contributed by atoms with Crippen LogP contribution in [0.4, 0.5) is 4.79 Å². The van der Waals surface area contributed by atoms with E-state index in [2.05, 4.69) is 10.2 Å². The van der Waals surface area contributed by atoms with E-state index in [1.165, 1.54) is 19.3 Å². The van der Waals surface area contributed by atoms with Gasteiger partial charge in [0.15, 0.2) is 0 Å². The maximum absolute atomic E-state index is 12.2. The van der Waals surface area contributed by atoms with Crippen LogP contribution in [0.1, 0.15) is 44.1 Å². The van der Waals surface area contributed by atoms with Crippen molar-refractivity contribution < 1.29 is 14.6 Å². The van der Waals surface area contributed by atoms with Gasteiger partial charge in [-0.1, -0.05) is 43.2 Å². The Bertz CT molecular complexity index is 519. The minimum Gasteiger partial charge on any atom is -0.445 e. The van der Waals surface area contributed by atoms with Crippen molar-refractivity contribution in [3.8, 4) is 0 Å². The highest BCUT2D eigenvalue weighted by Gasteiger charge is 2.38. The number of rotatable bonds is 7. The van der Waals surface area contributed by atoms with Crippen molar-refractivity contribution >= 4 is 6.09 Å². The molecule has 5 nitrogen and oxygen atoms in total. The molecule has 24 heavy (non-hydrogen) atoms. The smallest absolute Gasteiger partial charge is 0.407 e. The van der Waals surface area contributed by atoms with E-state index in [1.54, 1.807) is 0 Å². The molecule has 1 amide bonds. The fraction of sp³-hybridized carbons (Fsp3) is 0.632. The molecule has 0 bridgehead atoms. The van der Waals surface area contributed by atoms with Gasteiger partial charge in [-0.2, -0.15) is 0 Å². The molecule has 2 fully saturated rings. The number of aliphatic hydroxyl groups is 1. The molecule has 1 aromatic carbocycles. The average molecular weight is 332 g/mol. The minimum atomic E-state index is -0.338. The van der Waals surface area contributed by atoms with Crippen LogP contribution >= 0.6 is 0 Å². The van der Waals surface area contributed by atoms with Crippen LogP contribution in [0.5, 0.6) is 0 Å². The third-order valence-corrected chi connectivity index (χ3v) is 5.05. The van der Waals surface area contributed by atoms with Gasteiger partial charge in [0.2, 0.25) is 0 Å². The molecule has 132 valence electrons. The van der Waals surface area contributed by atoms with E-state index in [-0.39, 0.29) is 18.7 Å². The second kappa shape index (κ2) is 8.49. The lowest BCUT2D eigenvalue weighted by atomic mass is 9.89. The molecule has 0 saturated heterocycles. The molecule has 2 unspecified atom stereocenters. The van der Waals surface area contributed by atoms with Gasteiger partial charge in [0.1, 0.15) is 6.61 Å². The normalized spacial score (nSPS) is 23.9. The molecule has 3 rings (SSSR count). The molecule has 1 aromatic rings. The van der Waals surface area contributed by atoms with Gasteiger partial charge in [0.05, 0.1) is 6.61 Å². The van der Waals surface area contributed by atoms with Crippen molar-refractivity contribution in [2.75, 3.05) is 13.2 Å². The van der Waals surface area contributed by atoms with Crippen molar-refractivity contribution in [1.82, 2.24) is 10.2 Å². The fourth-order valence-electron chi connectivity index (χ4n) is 3.73. The molecular formula is C19H28N2O3. The summed E-state index contributed by atoms with van der Waals surface area (Å²) >= 11 is 0. The predicted octanol–water partition coefficient (Wildman–Crippen LogP) is 2.68. The summed E-state index contributed by atoms with van der Waals surface area (Å²) in [6.45, 7) is 1.18. The SMILES string of the molecule is O=C(NC1CCCCC1N(CCO)C1CC1)OCc1ccccc1. The van der Waals surface area contributed by atoms with Crippen LogP contribution in [0.3, 0.4) is 0 Å². The Hall–Kier alpha value is -1.59. The molecule has 2 N–H and O–H groups in total. The Balaban J connectivity index is 1.53. The first-order valence-corrected chi connectivity index (χ1v) is 9.12. The van der Waals surface area contributed by atoms with Crippen molar-refractivity contribution in [3.63, 3.8) is 0 Å². The molecule has 2 aliphatic carbocycles. The fourth-order valence-corrected chi connectivity index (χ4v) is 3.73. The second-order valence-corrected chi connectivity index (χ2v) is 6.86. The van der Waals surface area contributed by atoms with Gasteiger partial charge in [0.25, 0.3) is 0 Å². The average Bonchev–Trinajstić information content (AvgIpc) is 3.44. The number of alkyl carbamates (subject to hydrolysis) is 1. The number of carbonyl (C=O) groups is 1. The standard InChI is InChI=1S/C19H28N2O3/c22-13-12-21(16-10-11-16)18-9-5-4-8-17(18)20-19(23)24-14-15-6-2-1-3-7-15/h1-3,6-7,16-18,22H,4-5,8-14H2,(H,20,23). The number of carbonyl (C=O) groups excluding carboxylic acids is 1. The van der Waals surface area contributed by atoms with Crippen LogP contribution in [0.15, 0.2) is 30.3 Å². The Morgan fingerprint density at radius 3 is 2.62 bits per heavy atom. The predicted molar refractivity (Wildman–Crippen MR) is 92.6 cm³/mol. The molecule has 0 heterocycles. The molecule has 0 radical (unpaired) electrons. The lowest BCUT2D eigenvalue weighted by molar-refractivity contribution is 0.0817. The summed E-state index contributed by atoms with van der Waals surface area (Å²) in [6.07, 6.45) is 6.48. The van der Waals surface area contributed by atoms with Crippen LogP contribution in [0.2, 0.25) is 0 Å². The zero-order valence-corrected chi connectivity index (χ0v) is 14.2. The molecule has 5 heteroatoms. The summed E-state index contributed by atoms with van der Waals surface area (Å²) in [7, 11) is 0. The number of aliphatic hydroxyl groups excluding tert-OH is 1. The Morgan fingerprint density at radius 1 is 1.17 bits per heavy atom. The van der Waals surface area contributed by atoms with Gasteiger partial charge in [-0.25, -0.2) is 4.79 Å². The minimum absolute atomic E-state index is 0.120. The van der Waals surface area contributed by atoms with Crippen molar-refractivity contribution in [3.05, 3.63) is 35.9 Å². The van der Waals surface area contributed by atoms with E-state index in [1.807, 2.05) is 30.3 Å². The summed E-state index contributed by atoms with van der Waals surface area (Å²) in [4.78, 5) is 14.6. The molecule has 0 aromatic heterocycles. The first-order chi connectivity index (χ1) is 11.8. The van der Waals surface area contributed by atoms with E-state index in [0.29, 0.717) is 25.2 Å². The second-order valence-electron chi connectivity index (χ2n) is 6.86. The molecule has 2 aliphatic rings. The summed E-state index contributed by atoms with van der Waals surface area (Å²) in [5, 5.41) is 12.4. The summed E-state index contributed by atoms with van der Waals surface area (Å²) in [5.41, 5.74) is 0.993. The van der Waals surface area contributed by atoms with E-state index >= 15 is 0 Å². The lowest BCUT2D eigenvalue weighted by Crippen LogP contribution is -2.54. The molecule has 0 spiro atoms. The zero-order valence-electron chi connectivity index (χ0n) is 14.2. The summed E-state index contributed by atoms with van der Waals surface area (Å²) in [5.74, 6) is 0. The first kappa shape index (κ1) is 17.2. The van der Waals surface area contributed by atoms with E-state index in [0.717, 1.165) is 24.8 Å². The zero-order chi connectivity index (χ0) is 16.8. The Kier molecular flexibility index (Phi) is 6.10. The number of hydrogen-bond donors (Lipinski definition) is 2. The van der Waals surface area contributed by atoms with Crippen LogP contribution in [-0.2, 0) is 11.3 Å². The lowest BCUT2D eigenvalue weighted by Gasteiger charge is -2.40. The van der Waals surface area contributed by atoms with E-state index < -0.39 is 0 Å². The number of hydrogen-bond acceptors (Lipinski definition) is 4. The van der Waals surface area contributed by atoms with Gasteiger partial charge < -0.3 is 15.2 Å². The van der Waals surface area contributed by atoms with Gasteiger partial charge in [-0.15, -0.1) is 0 Å². The highest BCUT2D eigenvalue weighted by Crippen LogP contribution is 2.33. The summed E-state index contributed by atoms with van der Waals surface area (Å²) in [6, 6.07) is 10.8. The van der Waals surface area contributed by atoms with Gasteiger partial charge in [0, 0.05) is 24.7 Å². The number of nitrogens with zero attached hydrogens (tertiary/aromatic N) is 1. The highest BCUT2D eigenvalue weighted by atomic mass is 16.5. The van der Waals surface area contributed by atoms with Crippen molar-refractivity contribution in [2.24, 2.45) is 0 Å². The summed E-state index contributed by atoms with van der Waals surface area (Å²) < 4.78 is 5.38. The van der Waals surface area contributed by atoms with Crippen molar-refractivity contribution in [2.45, 2.75) is 63.3 Å². The van der Waals surface area contributed by atoms with Crippen LogP contribution in [-0.4, -0.2) is 47.4 Å². The maximum Gasteiger partial charge on any atom is 0.407 e. The maximum atomic E-state index is 12.2. The topological polar surface area (TPSA) is 61.8 Å². The number of benzene rings is 1. The Morgan fingerprint density at radius 2 is 1.92 bits per heavy atom. The molecule has 2 atom stereocenters. The molecule has 2 saturated carbocycles. The van der Waals surface area contributed by atoms with Crippen LogP contribution in [0, 0.1) is 0 Å². The van der Waals surface area contributed by atoms with Crippen LogP contribution in [0.25, 0.3) is 0 Å². The third kappa shape index (κ3) is 4.71. The number of amides is 1. The third-order valence-electron chi connectivity index (χ3n) is 5.05. The van der Waals surface area contributed by atoms with Gasteiger partial charge >= 0.3 is 6.09 Å². The van der Waals surface area contributed by atoms with E-state index in [9.17, 15) is 9.90 Å². The van der Waals surface area contributed by atoms with Crippen LogP contribution < -0.4 is 5.32 Å². The first-order valence-electron chi connectivity index (χ1n) is 9.12. The number of ether oxygens (including phenoxy) is 1. The quantitative estimate of drug-likeness (QED) is 0.806. The van der Waals surface area contributed by atoms with Gasteiger partial charge in [-0.3, -0.25) is 4.90 Å². The van der Waals surface area contributed by atoms with Crippen molar-refractivity contribution in [1.29, 1.82) is 0 Å². The monoisotopic (exact) mass is 332 g/mol. The van der Waals surface area contributed by atoms with Gasteiger partial charge in [-0.05, 0) is 31.2 Å². The number of nitrogens with one attached hydrogen (secondary N) is 1. The largest absolute Gasteiger partial charge is 0.445 e. The Labute approximate surface area is 144 Å². The highest BCUT2D eigenvalue weighted by molar-refractivity contribution is 5.67. The molecular weight excluding hydrogens is 304 g/mol. The van der Waals surface area contributed by atoms with E-state index in [4.69, 9.17) is 4.74 Å². The molecule has 0 aliphatic heterocycles.